The summed E-state index contributed by atoms with van der Waals surface area (Å²) in [6, 6.07) is 3.36. The van der Waals surface area contributed by atoms with E-state index in [1.807, 2.05) is 14.0 Å². The summed E-state index contributed by atoms with van der Waals surface area (Å²) < 4.78 is 28.8. The molecule has 0 fully saturated rings. The molecule has 0 radical (unpaired) electrons. The van der Waals surface area contributed by atoms with E-state index in [0.717, 1.165) is 28.3 Å². The highest BCUT2D eigenvalue weighted by molar-refractivity contribution is 9.10. The third-order valence-electron chi connectivity index (χ3n) is 2.83. The fraction of sp³-hybridized carbons (Fsp3) is 0.308. The van der Waals surface area contributed by atoms with Crippen molar-refractivity contribution in [1.29, 1.82) is 0 Å². The van der Waals surface area contributed by atoms with Crippen molar-refractivity contribution < 1.29 is 8.78 Å². The van der Waals surface area contributed by atoms with Gasteiger partial charge in [-0.2, -0.15) is 5.10 Å². The molecular formula is C13H14BrF2N3. The molecule has 0 bridgehead atoms. The summed E-state index contributed by atoms with van der Waals surface area (Å²) in [7, 11) is 1.84. The number of aromatic nitrogens is 2. The Hall–Kier alpha value is -1.43. The first-order valence-corrected chi connectivity index (χ1v) is 6.70. The molecule has 102 valence electrons. The van der Waals surface area contributed by atoms with E-state index in [9.17, 15) is 8.78 Å². The van der Waals surface area contributed by atoms with Crippen LogP contribution in [0.25, 0.3) is 0 Å². The van der Waals surface area contributed by atoms with Crippen LogP contribution in [0.5, 0.6) is 0 Å². The molecule has 0 aliphatic carbocycles. The Morgan fingerprint density at radius 2 is 1.89 bits per heavy atom. The summed E-state index contributed by atoms with van der Waals surface area (Å²) in [6.45, 7) is 2.46. The van der Waals surface area contributed by atoms with Crippen molar-refractivity contribution in [2.24, 2.45) is 7.05 Å². The first-order valence-electron chi connectivity index (χ1n) is 5.91. The molecule has 1 N–H and O–H groups in total. The highest BCUT2D eigenvalue weighted by atomic mass is 79.9. The van der Waals surface area contributed by atoms with E-state index >= 15 is 0 Å². The van der Waals surface area contributed by atoms with E-state index in [4.69, 9.17) is 0 Å². The van der Waals surface area contributed by atoms with Gasteiger partial charge in [0.1, 0.15) is 11.6 Å². The Kier molecular flexibility index (Phi) is 4.19. The molecule has 0 atom stereocenters. The summed E-state index contributed by atoms with van der Waals surface area (Å²) >= 11 is 3.49. The standard InChI is InChI=1S/C13H14BrF2N3/c1-3-11-13(14)12(19(2)18-11)7-17-10-5-8(15)4-9(16)6-10/h4-6,17H,3,7H2,1-2H3. The van der Waals surface area contributed by atoms with Crippen LogP contribution in [0.3, 0.4) is 0 Å². The zero-order valence-corrected chi connectivity index (χ0v) is 12.3. The number of nitrogens with one attached hydrogen (secondary N) is 1. The molecule has 0 spiro atoms. The molecular weight excluding hydrogens is 316 g/mol. The number of anilines is 1. The van der Waals surface area contributed by atoms with Crippen molar-refractivity contribution in [3.63, 3.8) is 0 Å². The molecule has 0 aliphatic heterocycles. The molecule has 0 saturated carbocycles. The molecule has 19 heavy (non-hydrogen) atoms. The summed E-state index contributed by atoms with van der Waals surface area (Å²) in [4.78, 5) is 0. The van der Waals surface area contributed by atoms with Crippen LogP contribution in [-0.2, 0) is 20.0 Å². The smallest absolute Gasteiger partial charge is 0.128 e. The number of rotatable bonds is 4. The maximum Gasteiger partial charge on any atom is 0.128 e. The molecule has 1 heterocycles. The monoisotopic (exact) mass is 329 g/mol. The van der Waals surface area contributed by atoms with Crippen molar-refractivity contribution in [1.82, 2.24) is 9.78 Å². The van der Waals surface area contributed by atoms with Gasteiger partial charge < -0.3 is 5.32 Å². The van der Waals surface area contributed by atoms with Gasteiger partial charge in [0.25, 0.3) is 0 Å². The zero-order chi connectivity index (χ0) is 14.0. The second-order valence-electron chi connectivity index (χ2n) is 4.20. The van der Waals surface area contributed by atoms with Crippen LogP contribution in [0.1, 0.15) is 18.3 Å². The molecule has 1 aromatic heterocycles. The maximum absolute atomic E-state index is 13.1. The van der Waals surface area contributed by atoms with Gasteiger partial charge in [-0.25, -0.2) is 8.78 Å². The summed E-state index contributed by atoms with van der Waals surface area (Å²) in [5.41, 5.74) is 2.30. The van der Waals surface area contributed by atoms with E-state index < -0.39 is 11.6 Å². The number of hydrogen-bond donors (Lipinski definition) is 1. The minimum absolute atomic E-state index is 0.406. The van der Waals surface area contributed by atoms with Gasteiger partial charge in [-0.3, -0.25) is 4.68 Å². The lowest BCUT2D eigenvalue weighted by Gasteiger charge is -2.07. The quantitative estimate of drug-likeness (QED) is 0.928. The average Bonchev–Trinajstić information content (AvgIpc) is 2.61. The first-order chi connectivity index (χ1) is 9.01. The van der Waals surface area contributed by atoms with Gasteiger partial charge >= 0.3 is 0 Å². The predicted molar refractivity (Wildman–Crippen MR) is 74.0 cm³/mol. The summed E-state index contributed by atoms with van der Waals surface area (Å²) in [5, 5.41) is 7.35. The average molecular weight is 330 g/mol. The highest BCUT2D eigenvalue weighted by Crippen LogP contribution is 2.23. The van der Waals surface area contributed by atoms with Crippen LogP contribution in [-0.4, -0.2) is 9.78 Å². The lowest BCUT2D eigenvalue weighted by atomic mass is 10.2. The molecule has 0 aliphatic rings. The molecule has 3 nitrogen and oxygen atoms in total. The van der Waals surface area contributed by atoms with E-state index in [0.29, 0.717) is 12.2 Å². The van der Waals surface area contributed by atoms with Crippen molar-refractivity contribution in [2.45, 2.75) is 19.9 Å². The Morgan fingerprint density at radius 1 is 1.26 bits per heavy atom. The number of aryl methyl sites for hydroxylation is 2. The fourth-order valence-corrected chi connectivity index (χ4v) is 2.61. The van der Waals surface area contributed by atoms with Gasteiger partial charge in [0, 0.05) is 18.8 Å². The molecule has 0 unspecified atom stereocenters. The number of halogens is 3. The minimum Gasteiger partial charge on any atom is -0.379 e. The zero-order valence-electron chi connectivity index (χ0n) is 10.7. The van der Waals surface area contributed by atoms with Crippen molar-refractivity contribution in [3.8, 4) is 0 Å². The second-order valence-corrected chi connectivity index (χ2v) is 4.99. The molecule has 2 rings (SSSR count). The normalized spacial score (nSPS) is 10.8. The Bertz CT molecular complexity index is 576. The molecule has 0 saturated heterocycles. The topological polar surface area (TPSA) is 29.9 Å². The van der Waals surface area contributed by atoms with E-state index in [2.05, 4.69) is 26.3 Å². The van der Waals surface area contributed by atoms with Gasteiger partial charge in [0.15, 0.2) is 0 Å². The Morgan fingerprint density at radius 3 is 2.42 bits per heavy atom. The van der Waals surface area contributed by atoms with E-state index in [1.165, 1.54) is 12.1 Å². The molecule has 2 aromatic rings. The number of benzene rings is 1. The lowest BCUT2D eigenvalue weighted by Crippen LogP contribution is -2.06. The fourth-order valence-electron chi connectivity index (χ4n) is 1.85. The second kappa shape index (κ2) is 5.69. The van der Waals surface area contributed by atoms with Gasteiger partial charge in [0.05, 0.1) is 22.4 Å². The summed E-state index contributed by atoms with van der Waals surface area (Å²) in [5.74, 6) is -1.19. The van der Waals surface area contributed by atoms with Gasteiger partial charge in [-0.05, 0) is 34.5 Å². The van der Waals surface area contributed by atoms with Crippen LogP contribution in [0.15, 0.2) is 22.7 Å². The van der Waals surface area contributed by atoms with Gasteiger partial charge in [0.2, 0.25) is 0 Å². The van der Waals surface area contributed by atoms with Crippen LogP contribution < -0.4 is 5.32 Å². The SMILES string of the molecule is CCc1nn(C)c(CNc2cc(F)cc(F)c2)c1Br. The van der Waals surface area contributed by atoms with E-state index in [1.54, 1.807) is 4.68 Å². The maximum atomic E-state index is 13.1. The third-order valence-corrected chi connectivity index (χ3v) is 3.74. The van der Waals surface area contributed by atoms with Crippen LogP contribution in [0.4, 0.5) is 14.5 Å². The Balaban J connectivity index is 2.16. The first kappa shape index (κ1) is 14.0. The van der Waals surface area contributed by atoms with Crippen LogP contribution >= 0.6 is 15.9 Å². The van der Waals surface area contributed by atoms with Crippen molar-refractivity contribution in [2.75, 3.05) is 5.32 Å². The van der Waals surface area contributed by atoms with E-state index in [-0.39, 0.29) is 0 Å². The van der Waals surface area contributed by atoms with Crippen molar-refractivity contribution in [3.05, 3.63) is 45.7 Å². The van der Waals surface area contributed by atoms with Crippen LogP contribution in [0.2, 0.25) is 0 Å². The summed E-state index contributed by atoms with van der Waals surface area (Å²) in [6.07, 6.45) is 0.822. The highest BCUT2D eigenvalue weighted by Gasteiger charge is 2.12. The predicted octanol–water partition coefficient (Wildman–Crippen LogP) is 3.64. The molecule has 1 aromatic carbocycles. The number of hydrogen-bond acceptors (Lipinski definition) is 2. The van der Waals surface area contributed by atoms with Gasteiger partial charge in [-0.1, -0.05) is 6.92 Å². The van der Waals surface area contributed by atoms with Gasteiger partial charge in [-0.15, -0.1) is 0 Å². The van der Waals surface area contributed by atoms with Crippen LogP contribution in [0, 0.1) is 11.6 Å². The third kappa shape index (κ3) is 3.12. The number of nitrogens with zero attached hydrogens (tertiary/aromatic N) is 2. The largest absolute Gasteiger partial charge is 0.379 e. The molecule has 6 heteroatoms. The Labute approximate surface area is 118 Å². The molecule has 0 amide bonds. The minimum atomic E-state index is -0.596. The van der Waals surface area contributed by atoms with Crippen molar-refractivity contribution >= 4 is 21.6 Å². The lowest BCUT2D eigenvalue weighted by molar-refractivity contribution is 0.584.